The van der Waals surface area contributed by atoms with E-state index in [4.69, 9.17) is 0 Å². The molecule has 0 N–H and O–H groups in total. The highest BCUT2D eigenvalue weighted by Crippen LogP contribution is 2.45. The SMILES string of the molecule is CN(CCC1Cc2cccc3c2N1c1ccccc1CC3)Cc1ccccc1. The average Bonchev–Trinajstić information content (AvgIpc) is 3.01. The third kappa shape index (κ3) is 3.22. The van der Waals surface area contributed by atoms with Crippen LogP contribution in [0.15, 0.2) is 72.8 Å². The van der Waals surface area contributed by atoms with E-state index in [9.17, 15) is 0 Å². The molecule has 2 heteroatoms. The molecule has 0 saturated heterocycles. The Hall–Kier alpha value is -2.58. The van der Waals surface area contributed by atoms with Gasteiger partial charge in [0.15, 0.2) is 0 Å². The van der Waals surface area contributed by atoms with E-state index in [2.05, 4.69) is 89.6 Å². The first kappa shape index (κ1) is 17.5. The molecule has 0 aliphatic carbocycles. The van der Waals surface area contributed by atoms with Crippen molar-refractivity contribution in [1.29, 1.82) is 0 Å². The van der Waals surface area contributed by atoms with Crippen molar-refractivity contribution in [3.8, 4) is 0 Å². The Morgan fingerprint density at radius 3 is 2.43 bits per heavy atom. The summed E-state index contributed by atoms with van der Waals surface area (Å²) in [5.74, 6) is 0. The molecule has 0 spiro atoms. The molecule has 0 aromatic heterocycles. The minimum atomic E-state index is 0.550. The summed E-state index contributed by atoms with van der Waals surface area (Å²) in [6.07, 6.45) is 4.64. The molecule has 3 aromatic rings. The summed E-state index contributed by atoms with van der Waals surface area (Å²) >= 11 is 0. The number of rotatable bonds is 5. The molecular weight excluding hydrogens is 340 g/mol. The van der Waals surface area contributed by atoms with E-state index in [1.54, 1.807) is 0 Å². The van der Waals surface area contributed by atoms with Crippen LogP contribution in [0.5, 0.6) is 0 Å². The van der Waals surface area contributed by atoms with Crippen LogP contribution >= 0.6 is 0 Å². The molecule has 2 heterocycles. The van der Waals surface area contributed by atoms with E-state index in [0.717, 1.165) is 32.4 Å². The van der Waals surface area contributed by atoms with Crippen LogP contribution in [-0.4, -0.2) is 24.5 Å². The zero-order valence-electron chi connectivity index (χ0n) is 16.6. The molecule has 2 aliphatic rings. The molecule has 0 amide bonds. The lowest BCUT2D eigenvalue weighted by Gasteiger charge is -2.30. The van der Waals surface area contributed by atoms with Crippen LogP contribution in [0.4, 0.5) is 11.4 Å². The van der Waals surface area contributed by atoms with Gasteiger partial charge in [0.05, 0.1) is 0 Å². The fraction of sp³-hybridized carbons (Fsp3) is 0.308. The van der Waals surface area contributed by atoms with Gasteiger partial charge in [-0.15, -0.1) is 0 Å². The van der Waals surface area contributed by atoms with Crippen LogP contribution in [-0.2, 0) is 25.8 Å². The maximum Gasteiger partial charge on any atom is 0.0479 e. The predicted molar refractivity (Wildman–Crippen MR) is 117 cm³/mol. The summed E-state index contributed by atoms with van der Waals surface area (Å²) in [4.78, 5) is 5.13. The first-order chi connectivity index (χ1) is 13.8. The van der Waals surface area contributed by atoms with Crippen molar-refractivity contribution >= 4 is 11.4 Å². The first-order valence-electron chi connectivity index (χ1n) is 10.5. The molecule has 0 saturated carbocycles. The molecular formula is C26H28N2. The van der Waals surface area contributed by atoms with Gasteiger partial charge < -0.3 is 9.80 Å². The van der Waals surface area contributed by atoms with Gasteiger partial charge in [-0.2, -0.15) is 0 Å². The molecule has 0 fully saturated rings. The van der Waals surface area contributed by atoms with E-state index in [1.165, 1.54) is 40.0 Å². The van der Waals surface area contributed by atoms with Crippen molar-refractivity contribution in [2.24, 2.45) is 0 Å². The smallest absolute Gasteiger partial charge is 0.0479 e. The third-order valence-electron chi connectivity index (χ3n) is 6.32. The van der Waals surface area contributed by atoms with Gasteiger partial charge in [-0.1, -0.05) is 66.7 Å². The topological polar surface area (TPSA) is 6.48 Å². The maximum absolute atomic E-state index is 2.67. The van der Waals surface area contributed by atoms with Gasteiger partial charge >= 0.3 is 0 Å². The number of hydrogen-bond donors (Lipinski definition) is 0. The fourth-order valence-electron chi connectivity index (χ4n) is 4.97. The maximum atomic E-state index is 2.67. The van der Waals surface area contributed by atoms with Gasteiger partial charge in [-0.25, -0.2) is 0 Å². The Labute approximate surface area is 168 Å². The zero-order valence-corrected chi connectivity index (χ0v) is 16.6. The Morgan fingerprint density at radius 2 is 1.54 bits per heavy atom. The summed E-state index contributed by atoms with van der Waals surface area (Å²) < 4.78 is 0. The predicted octanol–water partition coefficient (Wildman–Crippen LogP) is 5.37. The molecule has 5 rings (SSSR count). The van der Waals surface area contributed by atoms with Crippen LogP contribution in [0, 0.1) is 0 Å². The van der Waals surface area contributed by atoms with E-state index in [1.807, 2.05) is 0 Å². The normalized spacial score (nSPS) is 17.4. The monoisotopic (exact) mass is 368 g/mol. The van der Waals surface area contributed by atoms with Crippen LogP contribution < -0.4 is 4.90 Å². The van der Waals surface area contributed by atoms with Gasteiger partial charge in [0.2, 0.25) is 0 Å². The van der Waals surface area contributed by atoms with E-state index in [-0.39, 0.29) is 0 Å². The van der Waals surface area contributed by atoms with E-state index >= 15 is 0 Å². The van der Waals surface area contributed by atoms with Crippen molar-refractivity contribution < 1.29 is 0 Å². The van der Waals surface area contributed by atoms with E-state index < -0.39 is 0 Å². The second-order valence-electron chi connectivity index (χ2n) is 8.29. The standard InChI is InChI=1S/C26H28N2/c1-27(19-20-8-3-2-4-9-20)17-16-24-18-23-12-7-11-22-15-14-21-10-5-6-13-25(21)28(24)26(22)23/h2-13,24H,14-19H2,1H3. The van der Waals surface area contributed by atoms with Crippen molar-refractivity contribution in [3.05, 3.63) is 95.1 Å². The molecule has 0 bridgehead atoms. The molecule has 142 valence electrons. The van der Waals surface area contributed by atoms with Crippen LogP contribution in [0.1, 0.15) is 28.7 Å². The summed E-state index contributed by atoms with van der Waals surface area (Å²) in [5.41, 5.74) is 8.88. The van der Waals surface area contributed by atoms with Crippen molar-refractivity contribution in [2.75, 3.05) is 18.5 Å². The number of hydrogen-bond acceptors (Lipinski definition) is 2. The van der Waals surface area contributed by atoms with Gasteiger partial charge in [-0.3, -0.25) is 0 Å². The highest BCUT2D eigenvalue weighted by molar-refractivity contribution is 5.77. The molecule has 1 unspecified atom stereocenters. The number of para-hydroxylation sites is 2. The lowest BCUT2D eigenvalue weighted by molar-refractivity contribution is 0.311. The summed E-state index contributed by atoms with van der Waals surface area (Å²) in [7, 11) is 2.25. The molecule has 1 atom stereocenters. The number of aryl methyl sites for hydroxylation is 2. The fourth-order valence-corrected chi connectivity index (χ4v) is 4.97. The first-order valence-corrected chi connectivity index (χ1v) is 10.5. The summed E-state index contributed by atoms with van der Waals surface area (Å²) in [6, 6.07) is 27.3. The number of benzene rings is 3. The largest absolute Gasteiger partial charge is 0.337 e. The second-order valence-corrected chi connectivity index (χ2v) is 8.29. The lowest BCUT2D eigenvalue weighted by Crippen LogP contribution is -2.32. The Balaban J connectivity index is 1.38. The summed E-state index contributed by atoms with van der Waals surface area (Å²) in [5, 5.41) is 0. The minimum absolute atomic E-state index is 0.550. The minimum Gasteiger partial charge on any atom is -0.337 e. The van der Waals surface area contributed by atoms with Crippen molar-refractivity contribution in [1.82, 2.24) is 4.90 Å². The molecule has 0 radical (unpaired) electrons. The van der Waals surface area contributed by atoms with Crippen molar-refractivity contribution in [3.63, 3.8) is 0 Å². The third-order valence-corrected chi connectivity index (χ3v) is 6.32. The van der Waals surface area contributed by atoms with Gasteiger partial charge in [-0.05, 0) is 61.1 Å². The Morgan fingerprint density at radius 1 is 0.821 bits per heavy atom. The molecule has 2 nitrogen and oxygen atoms in total. The average molecular weight is 369 g/mol. The lowest BCUT2D eigenvalue weighted by atomic mass is 10.00. The van der Waals surface area contributed by atoms with Gasteiger partial charge in [0.1, 0.15) is 0 Å². The molecule has 28 heavy (non-hydrogen) atoms. The Bertz CT molecular complexity index is 963. The quantitative estimate of drug-likeness (QED) is 0.597. The zero-order chi connectivity index (χ0) is 18.9. The van der Waals surface area contributed by atoms with E-state index in [0.29, 0.717) is 6.04 Å². The highest BCUT2D eigenvalue weighted by atomic mass is 15.2. The van der Waals surface area contributed by atoms with Crippen LogP contribution in [0.2, 0.25) is 0 Å². The Kier molecular flexibility index (Phi) is 4.66. The number of nitrogens with zero attached hydrogens (tertiary/aromatic N) is 2. The van der Waals surface area contributed by atoms with Crippen LogP contribution in [0.3, 0.4) is 0 Å². The molecule has 2 aliphatic heterocycles. The van der Waals surface area contributed by atoms with Crippen LogP contribution in [0.25, 0.3) is 0 Å². The van der Waals surface area contributed by atoms with Gasteiger partial charge in [0.25, 0.3) is 0 Å². The number of fused-ring (bicyclic) bond motifs is 2. The van der Waals surface area contributed by atoms with Crippen molar-refractivity contribution in [2.45, 2.75) is 38.3 Å². The van der Waals surface area contributed by atoms with Gasteiger partial charge in [0, 0.05) is 30.5 Å². The number of anilines is 2. The summed E-state index contributed by atoms with van der Waals surface area (Å²) in [6.45, 7) is 2.13. The highest BCUT2D eigenvalue weighted by Gasteiger charge is 2.34. The molecule has 3 aromatic carbocycles. The second kappa shape index (κ2) is 7.44.